The molecule has 1 heterocycles. The monoisotopic (exact) mass is 526 g/mol. The van der Waals surface area contributed by atoms with Gasteiger partial charge in [-0.25, -0.2) is 8.78 Å². The first-order chi connectivity index (χ1) is 17.7. The molecule has 2 aromatic carbocycles. The van der Waals surface area contributed by atoms with Crippen LogP contribution in [0.15, 0.2) is 55.1 Å². The zero-order valence-corrected chi connectivity index (χ0v) is 20.0. The Morgan fingerprint density at radius 2 is 1.62 bits per heavy atom. The van der Waals surface area contributed by atoms with Crippen LogP contribution in [0.4, 0.5) is 26.3 Å². The molecule has 0 radical (unpaired) electrons. The normalized spacial score (nSPS) is 24.9. The first-order valence-corrected chi connectivity index (χ1v) is 12.1. The highest BCUT2D eigenvalue weighted by atomic mass is 19.3. The second-order valence-electron chi connectivity index (χ2n) is 9.41. The minimum absolute atomic E-state index is 0.00223. The molecule has 0 aromatic heterocycles. The number of benzene rings is 2. The topological polar surface area (TPSA) is 27.7 Å². The molecule has 2 aromatic rings. The van der Waals surface area contributed by atoms with Gasteiger partial charge in [0.05, 0.1) is 13.2 Å². The fourth-order valence-electron chi connectivity index (χ4n) is 4.77. The van der Waals surface area contributed by atoms with Gasteiger partial charge in [-0.15, -0.1) is 6.58 Å². The van der Waals surface area contributed by atoms with Gasteiger partial charge in [-0.05, 0) is 72.9 Å². The largest absolute Gasteiger partial charge is 0.461 e. The predicted octanol–water partition coefficient (Wildman–Crippen LogP) is 7.86. The lowest BCUT2D eigenvalue weighted by Crippen LogP contribution is -2.36. The van der Waals surface area contributed by atoms with Gasteiger partial charge >= 0.3 is 12.5 Å². The maximum Gasteiger partial charge on any atom is 0.461 e. The molecule has 4 rings (SSSR count). The van der Waals surface area contributed by atoms with E-state index in [1.54, 1.807) is 18.2 Å². The quantitative estimate of drug-likeness (QED) is 0.259. The van der Waals surface area contributed by atoms with Crippen LogP contribution in [-0.2, 0) is 9.47 Å². The maximum atomic E-state index is 14.7. The number of halogens is 6. The Kier molecular flexibility index (Phi) is 8.64. The first-order valence-electron chi connectivity index (χ1n) is 12.1. The van der Waals surface area contributed by atoms with Gasteiger partial charge in [0, 0.05) is 11.5 Å². The smallest absolute Gasteiger partial charge is 0.425 e. The van der Waals surface area contributed by atoms with Crippen molar-refractivity contribution in [1.29, 1.82) is 0 Å². The van der Waals surface area contributed by atoms with Crippen molar-refractivity contribution in [2.45, 2.75) is 44.5 Å². The Balaban J connectivity index is 1.34. The van der Waals surface area contributed by atoms with Crippen molar-refractivity contribution in [2.24, 2.45) is 17.8 Å². The molecule has 0 unspecified atom stereocenters. The van der Waals surface area contributed by atoms with Crippen molar-refractivity contribution in [2.75, 3.05) is 13.2 Å². The molecule has 1 saturated heterocycles. The van der Waals surface area contributed by atoms with E-state index in [2.05, 4.69) is 11.3 Å². The lowest BCUT2D eigenvalue weighted by molar-refractivity contribution is -0.254. The average molecular weight is 527 g/mol. The molecule has 1 aliphatic carbocycles. The Hall–Kier alpha value is -2.78. The number of rotatable bonds is 8. The Morgan fingerprint density at radius 3 is 2.22 bits per heavy atom. The summed E-state index contributed by atoms with van der Waals surface area (Å²) in [5, 5.41) is 0. The molecule has 0 N–H and O–H groups in total. The second kappa shape index (κ2) is 11.7. The van der Waals surface area contributed by atoms with Gasteiger partial charge in [0.2, 0.25) is 0 Å². The lowest BCUT2D eigenvalue weighted by Gasteiger charge is -2.36. The molecule has 200 valence electrons. The van der Waals surface area contributed by atoms with E-state index in [9.17, 15) is 26.3 Å². The van der Waals surface area contributed by atoms with Crippen LogP contribution in [0.1, 0.15) is 31.2 Å². The minimum atomic E-state index is -4.85. The van der Waals surface area contributed by atoms with Crippen molar-refractivity contribution >= 4 is 6.08 Å². The van der Waals surface area contributed by atoms with Gasteiger partial charge in [0.15, 0.2) is 17.9 Å². The zero-order chi connectivity index (χ0) is 26.6. The SMILES string of the molecule is C=CC1CCC(C2COC(/C=C/c3ccc(-c4ccc(OC(F)(F)C(F)F)c(F)c4)c(F)c3)OC2)CC1. The number of allylic oxidation sites excluding steroid dienone is 1. The molecule has 37 heavy (non-hydrogen) atoms. The van der Waals surface area contributed by atoms with E-state index >= 15 is 0 Å². The minimum Gasteiger partial charge on any atom is -0.425 e. The van der Waals surface area contributed by atoms with E-state index in [1.165, 1.54) is 12.1 Å². The summed E-state index contributed by atoms with van der Waals surface area (Å²) in [6.45, 7) is 5.08. The summed E-state index contributed by atoms with van der Waals surface area (Å²) in [5.41, 5.74) is 0.545. The van der Waals surface area contributed by atoms with Gasteiger partial charge in [0.1, 0.15) is 5.82 Å². The number of ether oxygens (including phenoxy) is 3. The highest BCUT2D eigenvalue weighted by Gasteiger charge is 2.44. The number of alkyl halides is 4. The van der Waals surface area contributed by atoms with Crippen molar-refractivity contribution in [1.82, 2.24) is 0 Å². The van der Waals surface area contributed by atoms with Crippen LogP contribution in [0, 0.1) is 29.4 Å². The third kappa shape index (κ3) is 6.76. The summed E-state index contributed by atoms with van der Waals surface area (Å²) in [4.78, 5) is 0. The molecule has 0 spiro atoms. The molecule has 0 amide bonds. The third-order valence-electron chi connectivity index (χ3n) is 6.95. The molecule has 0 bridgehead atoms. The Morgan fingerprint density at radius 1 is 0.919 bits per heavy atom. The highest BCUT2D eigenvalue weighted by molar-refractivity contribution is 5.67. The maximum absolute atomic E-state index is 14.7. The lowest BCUT2D eigenvalue weighted by atomic mass is 9.76. The van der Waals surface area contributed by atoms with Crippen LogP contribution in [0.3, 0.4) is 0 Å². The van der Waals surface area contributed by atoms with E-state index in [0.29, 0.717) is 36.5 Å². The summed E-state index contributed by atoms with van der Waals surface area (Å²) in [5.74, 6) is -1.54. The van der Waals surface area contributed by atoms with Gasteiger partial charge < -0.3 is 14.2 Å². The van der Waals surface area contributed by atoms with Gasteiger partial charge in [-0.1, -0.05) is 30.4 Å². The fraction of sp³-hybridized carbons (Fsp3) is 0.429. The average Bonchev–Trinajstić information content (AvgIpc) is 2.89. The van der Waals surface area contributed by atoms with Crippen molar-refractivity contribution in [3.05, 3.63) is 72.3 Å². The molecule has 3 nitrogen and oxygen atoms in total. The summed E-state index contributed by atoms with van der Waals surface area (Å²) >= 11 is 0. The molecule has 1 aliphatic heterocycles. The Labute approximate surface area is 211 Å². The van der Waals surface area contributed by atoms with E-state index in [0.717, 1.165) is 43.9 Å². The van der Waals surface area contributed by atoms with Crippen LogP contribution in [0.2, 0.25) is 0 Å². The van der Waals surface area contributed by atoms with Crippen LogP contribution < -0.4 is 4.74 Å². The van der Waals surface area contributed by atoms with Crippen LogP contribution >= 0.6 is 0 Å². The molecular weight excluding hydrogens is 498 g/mol. The molecule has 2 aliphatic rings. The van der Waals surface area contributed by atoms with Gasteiger partial charge in [-0.3, -0.25) is 0 Å². The predicted molar refractivity (Wildman–Crippen MR) is 127 cm³/mol. The van der Waals surface area contributed by atoms with E-state index < -0.39 is 36.2 Å². The van der Waals surface area contributed by atoms with E-state index in [-0.39, 0.29) is 11.1 Å². The summed E-state index contributed by atoms with van der Waals surface area (Å²) in [6.07, 6.45) is 0.430. The van der Waals surface area contributed by atoms with Crippen molar-refractivity contribution < 1.29 is 40.6 Å². The summed E-state index contributed by atoms with van der Waals surface area (Å²) < 4.78 is 95.1. The molecule has 1 saturated carbocycles. The van der Waals surface area contributed by atoms with Crippen LogP contribution in [-0.4, -0.2) is 32.0 Å². The fourth-order valence-corrected chi connectivity index (χ4v) is 4.77. The number of hydrogen-bond donors (Lipinski definition) is 0. The van der Waals surface area contributed by atoms with Crippen LogP contribution in [0.5, 0.6) is 5.75 Å². The summed E-state index contributed by atoms with van der Waals surface area (Å²) in [6, 6.07) is 6.82. The summed E-state index contributed by atoms with van der Waals surface area (Å²) in [7, 11) is 0. The van der Waals surface area contributed by atoms with Gasteiger partial charge in [0.25, 0.3) is 0 Å². The first kappa shape index (κ1) is 27.3. The number of hydrogen-bond acceptors (Lipinski definition) is 3. The molecule has 0 atom stereocenters. The second-order valence-corrected chi connectivity index (χ2v) is 9.41. The van der Waals surface area contributed by atoms with Crippen LogP contribution in [0.25, 0.3) is 17.2 Å². The molecular formula is C28H28F6O3. The molecule has 9 heteroatoms. The highest BCUT2D eigenvalue weighted by Crippen LogP contribution is 2.36. The zero-order valence-electron chi connectivity index (χ0n) is 20.0. The van der Waals surface area contributed by atoms with Crippen molar-refractivity contribution in [3.63, 3.8) is 0 Å². The standard InChI is InChI=1S/C28H28F6O3/c1-2-17-3-7-19(8-4-17)21-15-35-26(36-16-21)12-6-18-5-10-22(23(29)13-18)20-9-11-25(24(30)14-20)37-28(33,34)27(31)32/h2,5-6,9-14,17,19,21,26-27H,1,3-4,7-8,15-16H2/b12-6+. The van der Waals surface area contributed by atoms with Gasteiger partial charge in [-0.2, -0.15) is 17.6 Å². The molecule has 2 fully saturated rings. The van der Waals surface area contributed by atoms with E-state index in [1.807, 2.05) is 6.08 Å². The third-order valence-corrected chi connectivity index (χ3v) is 6.95. The Bertz CT molecular complexity index is 1100. The van der Waals surface area contributed by atoms with E-state index in [4.69, 9.17) is 9.47 Å². The van der Waals surface area contributed by atoms with Crippen molar-refractivity contribution in [3.8, 4) is 16.9 Å².